The van der Waals surface area contributed by atoms with Crippen molar-refractivity contribution in [3.05, 3.63) is 29.8 Å². The van der Waals surface area contributed by atoms with E-state index in [1.165, 1.54) is 62.4 Å². The standard InChI is InChI=1S/C15H22F2S2/c16-13-8-9-14(17)15(12-13)19-11-7-5-3-1-2-4-6-10-18/h8-9,12,18H,1-7,10-11H2. The van der Waals surface area contributed by atoms with Gasteiger partial charge in [-0.1, -0.05) is 32.1 Å². The molecule has 0 spiro atoms. The fraction of sp³-hybridized carbons (Fsp3) is 0.600. The summed E-state index contributed by atoms with van der Waals surface area (Å²) in [7, 11) is 0. The van der Waals surface area contributed by atoms with Crippen LogP contribution in [-0.4, -0.2) is 11.5 Å². The molecule has 0 aliphatic carbocycles. The van der Waals surface area contributed by atoms with Crippen molar-refractivity contribution in [1.82, 2.24) is 0 Å². The third kappa shape index (κ3) is 7.83. The lowest BCUT2D eigenvalue weighted by molar-refractivity contribution is 0.576. The van der Waals surface area contributed by atoms with Crippen molar-refractivity contribution in [2.75, 3.05) is 11.5 Å². The van der Waals surface area contributed by atoms with Gasteiger partial charge in [0, 0.05) is 4.90 Å². The minimum atomic E-state index is -0.368. The first-order chi connectivity index (χ1) is 9.24. The molecule has 0 bridgehead atoms. The topological polar surface area (TPSA) is 0 Å². The van der Waals surface area contributed by atoms with Crippen LogP contribution in [0.1, 0.15) is 44.9 Å². The van der Waals surface area contributed by atoms with E-state index in [0.29, 0.717) is 4.90 Å². The largest absolute Gasteiger partial charge is 0.207 e. The van der Waals surface area contributed by atoms with Crippen molar-refractivity contribution >= 4 is 24.4 Å². The molecule has 0 aromatic heterocycles. The Morgan fingerprint density at radius 3 is 2.21 bits per heavy atom. The third-order valence-corrected chi connectivity index (χ3v) is 4.39. The van der Waals surface area contributed by atoms with Crippen molar-refractivity contribution in [2.24, 2.45) is 0 Å². The van der Waals surface area contributed by atoms with E-state index >= 15 is 0 Å². The maximum absolute atomic E-state index is 13.3. The molecule has 0 amide bonds. The van der Waals surface area contributed by atoms with Gasteiger partial charge in [-0.05, 0) is 42.5 Å². The zero-order valence-electron chi connectivity index (χ0n) is 11.2. The number of rotatable bonds is 10. The Morgan fingerprint density at radius 2 is 1.53 bits per heavy atom. The van der Waals surface area contributed by atoms with Gasteiger partial charge < -0.3 is 0 Å². The minimum absolute atomic E-state index is 0.321. The highest BCUT2D eigenvalue weighted by Crippen LogP contribution is 2.24. The summed E-state index contributed by atoms with van der Waals surface area (Å²) in [6, 6.07) is 3.63. The molecule has 0 heterocycles. The molecule has 0 aliphatic heterocycles. The molecular weight excluding hydrogens is 282 g/mol. The summed E-state index contributed by atoms with van der Waals surface area (Å²) in [5, 5.41) is 0. The zero-order chi connectivity index (χ0) is 13.9. The molecule has 0 N–H and O–H groups in total. The Kier molecular flexibility index (Phi) is 9.35. The lowest BCUT2D eigenvalue weighted by Crippen LogP contribution is -1.87. The zero-order valence-corrected chi connectivity index (χ0v) is 12.9. The predicted octanol–water partition coefficient (Wildman–Crippen LogP) is 5.72. The van der Waals surface area contributed by atoms with Crippen LogP contribution in [0.15, 0.2) is 23.1 Å². The van der Waals surface area contributed by atoms with E-state index in [2.05, 4.69) is 12.6 Å². The van der Waals surface area contributed by atoms with Crippen LogP contribution in [0, 0.1) is 11.6 Å². The lowest BCUT2D eigenvalue weighted by Gasteiger charge is -2.04. The highest BCUT2D eigenvalue weighted by Gasteiger charge is 2.03. The maximum atomic E-state index is 13.3. The monoisotopic (exact) mass is 304 g/mol. The Morgan fingerprint density at radius 1 is 0.895 bits per heavy atom. The molecule has 0 aliphatic rings. The van der Waals surface area contributed by atoms with E-state index in [1.54, 1.807) is 0 Å². The van der Waals surface area contributed by atoms with Crippen molar-refractivity contribution in [3.8, 4) is 0 Å². The van der Waals surface area contributed by atoms with Gasteiger partial charge in [0.05, 0.1) is 0 Å². The average molecular weight is 304 g/mol. The van der Waals surface area contributed by atoms with E-state index < -0.39 is 0 Å². The van der Waals surface area contributed by atoms with Crippen molar-refractivity contribution < 1.29 is 8.78 Å². The van der Waals surface area contributed by atoms with Crippen LogP contribution in [0.25, 0.3) is 0 Å². The number of hydrogen-bond donors (Lipinski definition) is 1. The molecule has 0 saturated carbocycles. The summed E-state index contributed by atoms with van der Waals surface area (Å²) >= 11 is 5.59. The van der Waals surface area contributed by atoms with Crippen LogP contribution >= 0.6 is 24.4 Å². The SMILES string of the molecule is Fc1ccc(F)c(SCCCCCCCCCS)c1. The van der Waals surface area contributed by atoms with Crippen molar-refractivity contribution in [3.63, 3.8) is 0 Å². The summed E-state index contributed by atoms with van der Waals surface area (Å²) < 4.78 is 26.3. The first-order valence-corrected chi connectivity index (χ1v) is 8.54. The van der Waals surface area contributed by atoms with Gasteiger partial charge in [0.25, 0.3) is 0 Å². The Balaban J connectivity index is 2.03. The predicted molar refractivity (Wildman–Crippen MR) is 83.3 cm³/mol. The van der Waals surface area contributed by atoms with Gasteiger partial charge in [-0.2, -0.15) is 12.6 Å². The van der Waals surface area contributed by atoms with Gasteiger partial charge in [0.2, 0.25) is 0 Å². The van der Waals surface area contributed by atoms with Crippen LogP contribution < -0.4 is 0 Å². The fourth-order valence-corrected chi connectivity index (χ4v) is 3.06. The molecular formula is C15H22F2S2. The summed E-state index contributed by atoms with van der Waals surface area (Å²) in [6.45, 7) is 0. The summed E-state index contributed by atoms with van der Waals surface area (Å²) in [5.41, 5.74) is 0. The Bertz CT molecular complexity index is 356. The Hall–Kier alpha value is -0.220. The summed E-state index contributed by atoms with van der Waals surface area (Å²) in [4.78, 5) is 0.425. The number of thiol groups is 1. The van der Waals surface area contributed by atoms with Gasteiger partial charge in [-0.25, -0.2) is 8.78 Å². The summed E-state index contributed by atoms with van der Waals surface area (Å²) in [5.74, 6) is 1.15. The summed E-state index contributed by atoms with van der Waals surface area (Å²) in [6.07, 6.45) is 8.50. The molecule has 0 atom stereocenters. The van der Waals surface area contributed by atoms with Gasteiger partial charge in [0.1, 0.15) is 11.6 Å². The smallest absolute Gasteiger partial charge is 0.136 e. The van der Waals surface area contributed by atoms with Gasteiger partial charge >= 0.3 is 0 Å². The van der Waals surface area contributed by atoms with Crippen molar-refractivity contribution in [1.29, 1.82) is 0 Å². The quantitative estimate of drug-likeness (QED) is 0.328. The number of thioether (sulfide) groups is 1. The maximum Gasteiger partial charge on any atom is 0.136 e. The highest BCUT2D eigenvalue weighted by molar-refractivity contribution is 7.99. The second-order valence-electron chi connectivity index (χ2n) is 4.62. The van der Waals surface area contributed by atoms with Crippen LogP contribution in [0.2, 0.25) is 0 Å². The number of unbranched alkanes of at least 4 members (excludes halogenated alkanes) is 6. The first-order valence-electron chi connectivity index (χ1n) is 6.93. The highest BCUT2D eigenvalue weighted by atomic mass is 32.2. The molecule has 1 aromatic carbocycles. The molecule has 19 heavy (non-hydrogen) atoms. The number of hydrogen-bond acceptors (Lipinski definition) is 2. The second-order valence-corrected chi connectivity index (χ2v) is 6.21. The molecule has 0 nitrogen and oxygen atoms in total. The number of benzene rings is 1. The molecule has 0 radical (unpaired) electrons. The molecule has 108 valence electrons. The third-order valence-electron chi connectivity index (χ3n) is 2.95. The molecule has 1 rings (SSSR count). The molecule has 0 unspecified atom stereocenters. The Labute approximate surface area is 124 Å². The molecule has 1 aromatic rings. The number of halogens is 2. The first kappa shape index (κ1) is 16.8. The minimum Gasteiger partial charge on any atom is -0.207 e. The second kappa shape index (κ2) is 10.6. The van der Waals surface area contributed by atoms with Gasteiger partial charge in [-0.15, -0.1) is 11.8 Å². The van der Waals surface area contributed by atoms with E-state index in [9.17, 15) is 8.78 Å². The van der Waals surface area contributed by atoms with Crippen LogP contribution in [0.3, 0.4) is 0 Å². The van der Waals surface area contributed by atoms with Crippen LogP contribution in [-0.2, 0) is 0 Å². The lowest BCUT2D eigenvalue weighted by atomic mass is 10.1. The fourth-order valence-electron chi connectivity index (χ4n) is 1.87. The average Bonchev–Trinajstić information content (AvgIpc) is 2.40. The van der Waals surface area contributed by atoms with E-state index in [0.717, 1.165) is 24.0 Å². The van der Waals surface area contributed by atoms with Gasteiger partial charge in [-0.3, -0.25) is 0 Å². The van der Waals surface area contributed by atoms with E-state index in [1.807, 2.05) is 0 Å². The van der Waals surface area contributed by atoms with Crippen LogP contribution in [0.4, 0.5) is 8.78 Å². The molecule has 0 saturated heterocycles. The normalized spacial score (nSPS) is 10.9. The molecule has 4 heteroatoms. The van der Waals surface area contributed by atoms with Gasteiger partial charge in [0.15, 0.2) is 0 Å². The van der Waals surface area contributed by atoms with E-state index in [-0.39, 0.29) is 11.6 Å². The van der Waals surface area contributed by atoms with Crippen LogP contribution in [0.5, 0.6) is 0 Å². The van der Waals surface area contributed by atoms with E-state index in [4.69, 9.17) is 0 Å². The molecule has 0 fully saturated rings. The van der Waals surface area contributed by atoms with Crippen molar-refractivity contribution in [2.45, 2.75) is 49.8 Å².